The summed E-state index contributed by atoms with van der Waals surface area (Å²) in [5.74, 6) is 0. The molecule has 0 amide bonds. The van der Waals surface area contributed by atoms with E-state index >= 15 is 0 Å². The molecule has 1 saturated carbocycles. The van der Waals surface area contributed by atoms with Crippen LogP contribution < -0.4 is 5.32 Å². The van der Waals surface area contributed by atoms with Gasteiger partial charge in [0.05, 0.1) is 15.5 Å². The van der Waals surface area contributed by atoms with Gasteiger partial charge < -0.3 is 5.32 Å². The molecule has 17 heavy (non-hydrogen) atoms. The van der Waals surface area contributed by atoms with Crippen LogP contribution in [-0.4, -0.2) is 19.7 Å². The summed E-state index contributed by atoms with van der Waals surface area (Å²) in [7, 11) is -3.31. The minimum atomic E-state index is -3.31. The zero-order valence-electron chi connectivity index (χ0n) is 9.37. The van der Waals surface area contributed by atoms with Crippen LogP contribution in [0.4, 0.5) is 5.69 Å². The van der Waals surface area contributed by atoms with Crippen LogP contribution in [0.15, 0.2) is 23.1 Å². The summed E-state index contributed by atoms with van der Waals surface area (Å²) in [6, 6.07) is 5.20. The highest BCUT2D eigenvalue weighted by Crippen LogP contribution is 2.47. The first-order valence-electron chi connectivity index (χ1n) is 5.84. The summed E-state index contributed by atoms with van der Waals surface area (Å²) in [6.45, 7) is 0.517. The summed E-state index contributed by atoms with van der Waals surface area (Å²) in [6.07, 6.45) is 3.46. The first kappa shape index (κ1) is 11.4. The molecule has 0 radical (unpaired) electrons. The average molecular weight is 272 g/mol. The van der Waals surface area contributed by atoms with Gasteiger partial charge in [-0.25, -0.2) is 8.42 Å². The maximum atomic E-state index is 12.7. The van der Waals surface area contributed by atoms with Gasteiger partial charge in [-0.1, -0.05) is 30.5 Å². The minimum Gasteiger partial charge on any atom is -0.382 e. The first-order chi connectivity index (χ1) is 8.07. The molecule has 5 heteroatoms. The van der Waals surface area contributed by atoms with E-state index in [4.69, 9.17) is 11.6 Å². The lowest BCUT2D eigenvalue weighted by Gasteiger charge is -2.35. The van der Waals surface area contributed by atoms with E-state index in [1.165, 1.54) is 0 Å². The SMILES string of the molecule is O=S1(=O)c2c(Cl)cccc2NCC12CCCC2. The lowest BCUT2D eigenvalue weighted by atomic mass is 10.1. The van der Waals surface area contributed by atoms with Gasteiger partial charge >= 0.3 is 0 Å². The van der Waals surface area contributed by atoms with Gasteiger partial charge in [-0.2, -0.15) is 0 Å². The summed E-state index contributed by atoms with van der Waals surface area (Å²) in [4.78, 5) is 0.301. The number of fused-ring (bicyclic) bond motifs is 1. The molecule has 1 aliphatic carbocycles. The zero-order valence-corrected chi connectivity index (χ0v) is 10.9. The molecule has 1 aliphatic heterocycles. The Bertz CT molecular complexity index is 562. The Hall–Kier alpha value is -0.740. The number of sulfone groups is 1. The molecule has 92 valence electrons. The second kappa shape index (κ2) is 3.62. The second-order valence-electron chi connectivity index (χ2n) is 4.86. The number of hydrogen-bond donors (Lipinski definition) is 1. The van der Waals surface area contributed by atoms with E-state index in [9.17, 15) is 8.42 Å². The summed E-state index contributed by atoms with van der Waals surface area (Å²) in [5.41, 5.74) is 0.648. The predicted molar refractivity (Wildman–Crippen MR) is 68.3 cm³/mol. The van der Waals surface area contributed by atoms with Gasteiger partial charge in [0.25, 0.3) is 0 Å². The third kappa shape index (κ3) is 1.43. The van der Waals surface area contributed by atoms with E-state index in [1.54, 1.807) is 18.2 Å². The fraction of sp³-hybridized carbons (Fsp3) is 0.500. The Labute approximate surface area is 106 Å². The van der Waals surface area contributed by atoms with E-state index < -0.39 is 14.6 Å². The molecule has 3 rings (SSSR count). The molecule has 3 nitrogen and oxygen atoms in total. The number of rotatable bonds is 0. The van der Waals surface area contributed by atoms with Crippen molar-refractivity contribution >= 4 is 27.1 Å². The van der Waals surface area contributed by atoms with Gasteiger partial charge in [0, 0.05) is 6.54 Å². The third-order valence-corrected chi connectivity index (χ3v) is 7.02. The number of nitrogens with one attached hydrogen (secondary N) is 1. The van der Waals surface area contributed by atoms with Gasteiger partial charge in [-0.05, 0) is 25.0 Å². The molecule has 0 unspecified atom stereocenters. The molecule has 0 saturated heterocycles. The molecule has 1 spiro atoms. The minimum absolute atomic E-state index is 0.301. The maximum absolute atomic E-state index is 12.7. The smallest absolute Gasteiger partial charge is 0.189 e. The molecule has 1 N–H and O–H groups in total. The van der Waals surface area contributed by atoms with Crippen molar-refractivity contribution in [1.29, 1.82) is 0 Å². The largest absolute Gasteiger partial charge is 0.382 e. The van der Waals surface area contributed by atoms with Crippen molar-refractivity contribution in [1.82, 2.24) is 0 Å². The second-order valence-corrected chi connectivity index (χ2v) is 7.55. The topological polar surface area (TPSA) is 46.2 Å². The Balaban J connectivity index is 2.24. The van der Waals surface area contributed by atoms with Gasteiger partial charge in [-0.15, -0.1) is 0 Å². The van der Waals surface area contributed by atoms with Crippen LogP contribution in [0.1, 0.15) is 25.7 Å². The van der Waals surface area contributed by atoms with Crippen LogP contribution in [0.2, 0.25) is 5.02 Å². The summed E-state index contributed by atoms with van der Waals surface area (Å²) >= 11 is 6.07. The molecular weight excluding hydrogens is 258 g/mol. The highest BCUT2D eigenvalue weighted by Gasteiger charge is 2.50. The Morgan fingerprint density at radius 2 is 1.94 bits per heavy atom. The van der Waals surface area contributed by atoms with E-state index in [-0.39, 0.29) is 0 Å². The van der Waals surface area contributed by atoms with Gasteiger partial charge in [0.1, 0.15) is 4.90 Å². The van der Waals surface area contributed by atoms with Gasteiger partial charge in [0.2, 0.25) is 0 Å². The van der Waals surface area contributed by atoms with Gasteiger partial charge in [-0.3, -0.25) is 0 Å². The lowest BCUT2D eigenvalue weighted by Crippen LogP contribution is -2.46. The normalized spacial score (nSPS) is 24.3. The molecule has 1 aromatic rings. The molecule has 0 aromatic heterocycles. The highest BCUT2D eigenvalue weighted by atomic mass is 35.5. The standard InChI is InChI=1S/C12H14ClNO2S/c13-9-4-3-5-10-11(9)17(15,16)12(8-14-10)6-1-2-7-12/h3-5,14H,1-2,6-8H2. The summed E-state index contributed by atoms with van der Waals surface area (Å²) < 4.78 is 24.8. The lowest BCUT2D eigenvalue weighted by molar-refractivity contribution is 0.516. The predicted octanol–water partition coefficient (Wildman–Crippen LogP) is 2.85. The average Bonchev–Trinajstić information content (AvgIpc) is 2.74. The van der Waals surface area contributed by atoms with Crippen LogP contribution in [0.5, 0.6) is 0 Å². The number of hydrogen-bond acceptors (Lipinski definition) is 3. The van der Waals surface area contributed by atoms with Crippen LogP contribution in [0, 0.1) is 0 Å². The molecule has 1 aromatic carbocycles. The van der Waals surface area contributed by atoms with Crippen molar-refractivity contribution in [3.8, 4) is 0 Å². The highest BCUT2D eigenvalue weighted by molar-refractivity contribution is 7.93. The molecule has 1 heterocycles. The van der Waals surface area contributed by atoms with Crippen molar-refractivity contribution in [2.75, 3.05) is 11.9 Å². The molecule has 0 bridgehead atoms. The molecule has 2 aliphatic rings. The Kier molecular flexibility index (Phi) is 2.42. The zero-order chi connectivity index (χ0) is 12.1. The first-order valence-corrected chi connectivity index (χ1v) is 7.70. The fourth-order valence-corrected chi connectivity index (χ4v) is 5.71. The van der Waals surface area contributed by atoms with Crippen molar-refractivity contribution in [2.24, 2.45) is 0 Å². The van der Waals surface area contributed by atoms with Crippen LogP contribution in [0.25, 0.3) is 0 Å². The van der Waals surface area contributed by atoms with E-state index in [1.807, 2.05) is 0 Å². The van der Waals surface area contributed by atoms with E-state index in [0.29, 0.717) is 22.2 Å². The summed E-state index contributed by atoms with van der Waals surface area (Å²) in [5, 5.41) is 3.56. The van der Waals surface area contributed by atoms with E-state index in [0.717, 1.165) is 25.7 Å². The Morgan fingerprint density at radius 1 is 1.24 bits per heavy atom. The van der Waals surface area contributed by atoms with E-state index in [2.05, 4.69) is 5.32 Å². The molecule has 0 atom stereocenters. The monoisotopic (exact) mass is 271 g/mol. The van der Waals surface area contributed by atoms with Crippen LogP contribution >= 0.6 is 11.6 Å². The maximum Gasteiger partial charge on any atom is 0.189 e. The van der Waals surface area contributed by atoms with Crippen molar-refractivity contribution in [2.45, 2.75) is 35.3 Å². The molecular formula is C12H14ClNO2S. The number of anilines is 1. The molecule has 1 fully saturated rings. The van der Waals surface area contributed by atoms with Crippen molar-refractivity contribution < 1.29 is 8.42 Å². The third-order valence-electron chi connectivity index (χ3n) is 3.92. The van der Waals surface area contributed by atoms with Crippen LogP contribution in [-0.2, 0) is 9.84 Å². The number of halogens is 1. The van der Waals surface area contributed by atoms with Crippen molar-refractivity contribution in [3.63, 3.8) is 0 Å². The fourth-order valence-electron chi connectivity index (χ4n) is 2.95. The Morgan fingerprint density at radius 3 is 2.65 bits per heavy atom. The van der Waals surface area contributed by atoms with Crippen LogP contribution in [0.3, 0.4) is 0 Å². The quantitative estimate of drug-likeness (QED) is 0.789. The van der Waals surface area contributed by atoms with Gasteiger partial charge in [0.15, 0.2) is 9.84 Å². The van der Waals surface area contributed by atoms with Crippen molar-refractivity contribution in [3.05, 3.63) is 23.2 Å². The number of benzene rings is 1.